The van der Waals surface area contributed by atoms with Crippen LogP contribution in [-0.2, 0) is 14.3 Å². The highest BCUT2D eigenvalue weighted by Gasteiger charge is 2.27. The highest BCUT2D eigenvalue weighted by Crippen LogP contribution is 2.23. The Kier molecular flexibility index (Phi) is 7.57. The van der Waals surface area contributed by atoms with Crippen LogP contribution in [-0.4, -0.2) is 41.2 Å². The van der Waals surface area contributed by atoms with Gasteiger partial charge in [-0.15, -0.1) is 0 Å². The second-order valence-electron chi connectivity index (χ2n) is 7.67. The number of esters is 1. The Balaban J connectivity index is 1.65. The number of hydrogen-bond acceptors (Lipinski definition) is 7. The first-order valence-electron chi connectivity index (χ1n) is 10.3. The molecule has 0 bridgehead atoms. The Bertz CT molecular complexity index is 1110. The van der Waals surface area contributed by atoms with Gasteiger partial charge in [-0.25, -0.2) is 4.79 Å². The number of nitrogens with zero attached hydrogens (tertiary/aromatic N) is 1. The van der Waals surface area contributed by atoms with E-state index >= 15 is 0 Å². The number of aliphatic hydroxyl groups is 1. The summed E-state index contributed by atoms with van der Waals surface area (Å²) < 4.78 is 9.85. The number of aromatic nitrogens is 1. The number of amides is 2. The van der Waals surface area contributed by atoms with Crippen molar-refractivity contribution in [3.8, 4) is 11.3 Å². The van der Waals surface area contributed by atoms with Gasteiger partial charge >= 0.3 is 5.97 Å². The van der Waals surface area contributed by atoms with Crippen molar-refractivity contribution in [1.29, 1.82) is 0 Å². The van der Waals surface area contributed by atoms with E-state index in [9.17, 15) is 19.5 Å². The van der Waals surface area contributed by atoms with Crippen molar-refractivity contribution in [1.82, 2.24) is 10.5 Å². The summed E-state index contributed by atoms with van der Waals surface area (Å²) >= 11 is 0. The van der Waals surface area contributed by atoms with Gasteiger partial charge in [-0.1, -0.05) is 61.5 Å². The van der Waals surface area contributed by atoms with Crippen molar-refractivity contribution >= 4 is 23.5 Å². The number of methoxy groups -OCH3 is 1. The van der Waals surface area contributed by atoms with Gasteiger partial charge in [-0.2, -0.15) is 0 Å². The van der Waals surface area contributed by atoms with Crippen LogP contribution < -0.4 is 10.6 Å². The van der Waals surface area contributed by atoms with Gasteiger partial charge in [0.25, 0.3) is 11.8 Å². The zero-order valence-electron chi connectivity index (χ0n) is 18.4. The number of ether oxygens (including phenoxy) is 1. The van der Waals surface area contributed by atoms with Gasteiger partial charge in [-0.05, 0) is 23.6 Å². The maximum atomic E-state index is 12.5. The van der Waals surface area contributed by atoms with E-state index in [0.717, 1.165) is 0 Å². The van der Waals surface area contributed by atoms with Crippen LogP contribution in [0.2, 0.25) is 0 Å². The van der Waals surface area contributed by atoms with Crippen LogP contribution in [0.1, 0.15) is 36.1 Å². The van der Waals surface area contributed by atoms with Gasteiger partial charge in [0.1, 0.15) is 11.7 Å². The van der Waals surface area contributed by atoms with Crippen molar-refractivity contribution in [2.75, 3.05) is 12.4 Å². The van der Waals surface area contributed by atoms with E-state index < -0.39 is 29.9 Å². The molecule has 0 radical (unpaired) electrons. The van der Waals surface area contributed by atoms with Gasteiger partial charge in [0.15, 0.2) is 6.10 Å². The molecule has 0 spiro atoms. The molecule has 1 aromatic heterocycles. The van der Waals surface area contributed by atoms with Crippen molar-refractivity contribution in [3.63, 3.8) is 0 Å². The maximum Gasteiger partial charge on any atom is 0.328 e. The molecule has 3 rings (SSSR count). The lowest BCUT2D eigenvalue weighted by Crippen LogP contribution is -2.44. The Morgan fingerprint density at radius 1 is 1.03 bits per heavy atom. The number of rotatable bonds is 8. The Hall–Kier alpha value is -3.98. The lowest BCUT2D eigenvalue weighted by molar-refractivity contribution is -0.144. The van der Waals surface area contributed by atoms with Gasteiger partial charge in [0.2, 0.25) is 5.76 Å². The predicted molar refractivity (Wildman–Crippen MR) is 120 cm³/mol. The zero-order valence-corrected chi connectivity index (χ0v) is 18.4. The smallest absolute Gasteiger partial charge is 0.328 e. The SMILES string of the molecule is COC(=O)C(NC(=O)c1cc(-c2ccc(NC(=O)C(O)c3ccccc3)cc2)no1)C(C)C. The van der Waals surface area contributed by atoms with Crippen LogP contribution in [0, 0.1) is 5.92 Å². The molecule has 2 amide bonds. The summed E-state index contributed by atoms with van der Waals surface area (Å²) in [4.78, 5) is 36.6. The van der Waals surface area contributed by atoms with Crippen molar-refractivity contribution < 1.29 is 28.8 Å². The topological polar surface area (TPSA) is 131 Å². The second-order valence-corrected chi connectivity index (χ2v) is 7.67. The normalized spacial score (nSPS) is 12.6. The molecule has 2 aromatic carbocycles. The van der Waals surface area contributed by atoms with Crippen LogP contribution in [0.4, 0.5) is 5.69 Å². The second kappa shape index (κ2) is 10.6. The average Bonchev–Trinajstić information content (AvgIpc) is 3.32. The molecule has 0 fully saturated rings. The fourth-order valence-electron chi connectivity index (χ4n) is 3.08. The minimum atomic E-state index is -1.29. The monoisotopic (exact) mass is 451 g/mol. The highest BCUT2D eigenvalue weighted by atomic mass is 16.5. The first kappa shape index (κ1) is 23.7. The molecular weight excluding hydrogens is 426 g/mol. The molecule has 0 aliphatic heterocycles. The van der Waals surface area contributed by atoms with E-state index in [-0.39, 0.29) is 11.7 Å². The standard InChI is InChI=1S/C24H25N3O6/c1-14(2)20(24(31)32-3)26-22(29)19-13-18(27-33-19)15-9-11-17(12-10-15)25-23(30)21(28)16-7-5-4-6-8-16/h4-14,20-21,28H,1-3H3,(H,25,30)(H,26,29). The third-order valence-electron chi connectivity index (χ3n) is 4.95. The molecule has 9 nitrogen and oxygen atoms in total. The number of nitrogens with one attached hydrogen (secondary N) is 2. The number of aliphatic hydroxyl groups excluding tert-OH is 1. The van der Waals surface area contributed by atoms with Gasteiger partial charge in [0.05, 0.1) is 7.11 Å². The van der Waals surface area contributed by atoms with Gasteiger partial charge in [-0.3, -0.25) is 9.59 Å². The molecular formula is C24H25N3O6. The van der Waals surface area contributed by atoms with Gasteiger partial charge in [0, 0.05) is 17.3 Å². The molecule has 0 saturated carbocycles. The third kappa shape index (κ3) is 5.83. The molecule has 0 aliphatic rings. The van der Waals surface area contributed by atoms with E-state index in [2.05, 4.69) is 15.8 Å². The maximum absolute atomic E-state index is 12.5. The van der Waals surface area contributed by atoms with Crippen LogP contribution in [0.25, 0.3) is 11.3 Å². The summed E-state index contributed by atoms with van der Waals surface area (Å²) in [6.07, 6.45) is -1.29. The minimum Gasteiger partial charge on any atom is -0.467 e. The number of carbonyl (C=O) groups is 3. The molecule has 3 N–H and O–H groups in total. The van der Waals surface area contributed by atoms with E-state index in [1.54, 1.807) is 68.4 Å². The lowest BCUT2D eigenvalue weighted by atomic mass is 10.0. The van der Waals surface area contributed by atoms with E-state index in [4.69, 9.17) is 9.26 Å². The summed E-state index contributed by atoms with van der Waals surface area (Å²) in [5.74, 6) is -1.92. The van der Waals surface area contributed by atoms with Gasteiger partial charge < -0.3 is 25.0 Å². The number of benzene rings is 2. The molecule has 33 heavy (non-hydrogen) atoms. The molecule has 9 heteroatoms. The minimum absolute atomic E-state index is 0.0529. The number of hydrogen-bond donors (Lipinski definition) is 3. The van der Waals surface area contributed by atoms with Crippen LogP contribution in [0.15, 0.2) is 65.2 Å². The van der Waals surface area contributed by atoms with Crippen LogP contribution in [0.5, 0.6) is 0 Å². The Morgan fingerprint density at radius 3 is 2.30 bits per heavy atom. The lowest BCUT2D eigenvalue weighted by Gasteiger charge is -2.18. The highest BCUT2D eigenvalue weighted by molar-refractivity contribution is 5.96. The fourth-order valence-corrected chi connectivity index (χ4v) is 3.08. The Morgan fingerprint density at radius 2 is 1.70 bits per heavy atom. The molecule has 1 heterocycles. The summed E-state index contributed by atoms with van der Waals surface area (Å²) in [7, 11) is 1.25. The number of anilines is 1. The third-order valence-corrected chi connectivity index (χ3v) is 4.95. The number of carbonyl (C=O) groups excluding carboxylic acids is 3. The zero-order chi connectivity index (χ0) is 24.0. The first-order valence-corrected chi connectivity index (χ1v) is 10.3. The molecule has 0 aliphatic carbocycles. The summed E-state index contributed by atoms with van der Waals surface area (Å²) in [5, 5.41) is 19.3. The largest absolute Gasteiger partial charge is 0.467 e. The van der Waals surface area contributed by atoms with E-state index in [0.29, 0.717) is 22.5 Å². The van der Waals surface area contributed by atoms with Crippen LogP contribution >= 0.6 is 0 Å². The molecule has 2 unspecified atom stereocenters. The van der Waals surface area contributed by atoms with Crippen molar-refractivity contribution in [3.05, 3.63) is 72.0 Å². The Labute approximate surface area is 190 Å². The fraction of sp³-hybridized carbons (Fsp3) is 0.250. The molecule has 0 saturated heterocycles. The quantitative estimate of drug-likeness (QED) is 0.449. The predicted octanol–water partition coefficient (Wildman–Crippen LogP) is 2.94. The van der Waals surface area contributed by atoms with E-state index in [1.165, 1.54) is 13.2 Å². The first-order chi connectivity index (χ1) is 15.8. The molecule has 2 atom stereocenters. The summed E-state index contributed by atoms with van der Waals surface area (Å²) in [6, 6.07) is 15.9. The average molecular weight is 451 g/mol. The van der Waals surface area contributed by atoms with Crippen molar-refractivity contribution in [2.24, 2.45) is 5.92 Å². The van der Waals surface area contributed by atoms with Crippen LogP contribution in [0.3, 0.4) is 0 Å². The summed E-state index contributed by atoms with van der Waals surface area (Å²) in [6.45, 7) is 3.57. The van der Waals surface area contributed by atoms with E-state index in [1.807, 2.05) is 0 Å². The summed E-state index contributed by atoms with van der Waals surface area (Å²) in [5.41, 5.74) is 2.03. The van der Waals surface area contributed by atoms with Crippen molar-refractivity contribution in [2.45, 2.75) is 26.0 Å². The molecule has 3 aromatic rings. The molecule has 172 valence electrons.